The molecule has 0 amide bonds. The molecule has 0 bridgehead atoms. The van der Waals surface area contributed by atoms with E-state index in [0.29, 0.717) is 0 Å². The van der Waals surface area contributed by atoms with Crippen molar-refractivity contribution in [3.8, 4) is 0 Å². The predicted molar refractivity (Wildman–Crippen MR) is 105 cm³/mol. The monoisotopic (exact) mass is 308 g/mol. The van der Waals surface area contributed by atoms with Gasteiger partial charge < -0.3 is 0 Å². The molecule has 0 nitrogen and oxygen atoms in total. The molecule has 0 aromatic carbocycles. The van der Waals surface area contributed by atoms with Crippen LogP contribution in [0.25, 0.3) is 0 Å². The minimum atomic E-state index is -1.87. The average Bonchev–Trinajstić information content (AvgIpc) is 2.51. The topological polar surface area (TPSA) is 0 Å². The van der Waals surface area contributed by atoms with Crippen molar-refractivity contribution < 1.29 is 0 Å². The Morgan fingerprint density at radius 1 is 0.524 bits per heavy atom. The number of allylic oxidation sites excluding steroid dienone is 8. The van der Waals surface area contributed by atoms with Gasteiger partial charge in [-0.3, -0.25) is 0 Å². The molecular formula is C20H37P. The molecule has 0 saturated heterocycles. The fourth-order valence-electron chi connectivity index (χ4n) is 3.98. The molecule has 0 heterocycles. The van der Waals surface area contributed by atoms with Crippen LogP contribution in [0.3, 0.4) is 0 Å². The average molecular weight is 308 g/mol. The van der Waals surface area contributed by atoms with E-state index in [1.165, 1.54) is 0 Å². The summed E-state index contributed by atoms with van der Waals surface area (Å²) >= 11 is 0. The Balaban J connectivity index is 6.79. The summed E-state index contributed by atoms with van der Waals surface area (Å²) in [5.41, 5.74) is 0. The van der Waals surface area contributed by atoms with E-state index in [9.17, 15) is 0 Å². The maximum atomic E-state index is 2.41. The quantitative estimate of drug-likeness (QED) is 0.398. The molecule has 0 aliphatic rings. The van der Waals surface area contributed by atoms with Crippen molar-refractivity contribution >= 4 is 7.26 Å². The van der Waals surface area contributed by atoms with Gasteiger partial charge in [0.25, 0.3) is 0 Å². The van der Waals surface area contributed by atoms with Crippen molar-refractivity contribution in [2.24, 2.45) is 0 Å². The second kappa shape index (κ2) is 10.2. The van der Waals surface area contributed by atoms with Crippen LogP contribution in [0.1, 0.15) is 81.1 Å². The first kappa shape index (κ1) is 20.4. The molecular weight excluding hydrogens is 271 g/mol. The van der Waals surface area contributed by atoms with Crippen molar-refractivity contribution in [2.75, 3.05) is 0 Å². The normalized spacial score (nSPS) is 16.4. The van der Waals surface area contributed by atoms with E-state index >= 15 is 0 Å². The van der Waals surface area contributed by atoms with Crippen LogP contribution >= 0.6 is 7.26 Å². The van der Waals surface area contributed by atoms with Crippen molar-refractivity contribution in [3.05, 3.63) is 45.6 Å². The summed E-state index contributed by atoms with van der Waals surface area (Å²) in [5, 5.41) is 6.73. The van der Waals surface area contributed by atoms with Crippen LogP contribution in [-0.4, -0.2) is 0 Å². The first-order valence-corrected chi connectivity index (χ1v) is 10.7. The predicted octanol–water partition coefficient (Wildman–Crippen LogP) is 7.99. The molecule has 21 heavy (non-hydrogen) atoms. The molecule has 0 radical (unpaired) electrons. The molecule has 0 fully saturated rings. The molecule has 0 aromatic heterocycles. The minimum absolute atomic E-state index is 1.16. The molecule has 0 atom stereocenters. The zero-order valence-corrected chi connectivity index (χ0v) is 16.6. The van der Waals surface area contributed by atoms with Crippen LogP contribution in [0.2, 0.25) is 0 Å². The zero-order valence-electron chi connectivity index (χ0n) is 15.6. The molecule has 0 unspecified atom stereocenters. The standard InChI is InChI=1S/C20H37P/c1-9-17(10-2)21(18(11-3)12-4,19(13-5)14-6)20(15-7)16-8/h9,11,13,15,21H,10,12,14,16H2,1-8H3/b17-9-,18-11-,19-13-,20-15-. The Labute approximate surface area is 134 Å². The molecule has 0 aliphatic heterocycles. The van der Waals surface area contributed by atoms with Crippen LogP contribution in [0.15, 0.2) is 45.6 Å². The van der Waals surface area contributed by atoms with Gasteiger partial charge in [-0.1, -0.05) is 0 Å². The molecule has 0 spiro atoms. The van der Waals surface area contributed by atoms with E-state index in [2.05, 4.69) is 79.7 Å². The van der Waals surface area contributed by atoms with Gasteiger partial charge >= 0.3 is 134 Å². The Morgan fingerprint density at radius 2 is 0.714 bits per heavy atom. The third-order valence-corrected chi connectivity index (χ3v) is 11.3. The van der Waals surface area contributed by atoms with E-state index < -0.39 is 7.26 Å². The third kappa shape index (κ3) is 3.78. The van der Waals surface area contributed by atoms with Gasteiger partial charge in [0.2, 0.25) is 0 Å². The van der Waals surface area contributed by atoms with Crippen molar-refractivity contribution in [1.82, 2.24) is 0 Å². The summed E-state index contributed by atoms with van der Waals surface area (Å²) in [4.78, 5) is 0. The first-order chi connectivity index (χ1) is 10.1. The zero-order chi connectivity index (χ0) is 16.5. The maximum absolute atomic E-state index is 2.41. The molecule has 0 saturated carbocycles. The molecule has 0 N–H and O–H groups in total. The van der Waals surface area contributed by atoms with Gasteiger partial charge in [0.15, 0.2) is 0 Å². The molecule has 0 rings (SSSR count). The number of hydrogen-bond acceptors (Lipinski definition) is 0. The molecule has 122 valence electrons. The van der Waals surface area contributed by atoms with Gasteiger partial charge in [0, 0.05) is 0 Å². The Hall–Kier alpha value is -0.610. The van der Waals surface area contributed by atoms with Gasteiger partial charge in [-0.2, -0.15) is 0 Å². The summed E-state index contributed by atoms with van der Waals surface area (Å²) in [5.74, 6) is 0. The van der Waals surface area contributed by atoms with Crippen LogP contribution in [0, 0.1) is 0 Å². The SMILES string of the molecule is C/C=C(/CC)[PH](/C(=C\C)CC)(/C(=C\C)CC)/C(=C\C)CC. The summed E-state index contributed by atoms with van der Waals surface area (Å²) in [6.07, 6.45) is 14.3. The van der Waals surface area contributed by atoms with Crippen LogP contribution in [0.5, 0.6) is 0 Å². The number of rotatable bonds is 8. The van der Waals surface area contributed by atoms with Crippen LogP contribution in [-0.2, 0) is 0 Å². The number of hydrogen-bond donors (Lipinski definition) is 0. The Morgan fingerprint density at radius 3 is 0.810 bits per heavy atom. The summed E-state index contributed by atoms with van der Waals surface area (Å²) in [6, 6.07) is 0. The van der Waals surface area contributed by atoms with Crippen molar-refractivity contribution in [3.63, 3.8) is 0 Å². The third-order valence-electron chi connectivity index (χ3n) is 4.84. The summed E-state index contributed by atoms with van der Waals surface area (Å²) < 4.78 is 0. The first-order valence-electron chi connectivity index (χ1n) is 8.71. The van der Waals surface area contributed by atoms with E-state index in [4.69, 9.17) is 0 Å². The van der Waals surface area contributed by atoms with Crippen molar-refractivity contribution in [2.45, 2.75) is 81.1 Å². The van der Waals surface area contributed by atoms with Gasteiger partial charge in [-0.25, -0.2) is 0 Å². The van der Waals surface area contributed by atoms with Crippen molar-refractivity contribution in [1.29, 1.82) is 0 Å². The fraction of sp³-hybridized carbons (Fsp3) is 0.600. The fourth-order valence-corrected chi connectivity index (χ4v) is 10.3. The van der Waals surface area contributed by atoms with E-state index in [-0.39, 0.29) is 0 Å². The second-order valence-electron chi connectivity index (χ2n) is 5.42. The van der Waals surface area contributed by atoms with Crippen LogP contribution in [0.4, 0.5) is 0 Å². The van der Waals surface area contributed by atoms with E-state index in [0.717, 1.165) is 25.7 Å². The Kier molecular flexibility index (Phi) is 9.88. The van der Waals surface area contributed by atoms with Gasteiger partial charge in [0.05, 0.1) is 0 Å². The summed E-state index contributed by atoms with van der Waals surface area (Å²) in [6.45, 7) is 18.2. The van der Waals surface area contributed by atoms with Gasteiger partial charge in [0.1, 0.15) is 0 Å². The van der Waals surface area contributed by atoms with E-state index in [1.54, 1.807) is 21.3 Å². The van der Waals surface area contributed by atoms with Gasteiger partial charge in [-0.15, -0.1) is 0 Å². The van der Waals surface area contributed by atoms with Gasteiger partial charge in [-0.05, 0) is 0 Å². The second-order valence-corrected chi connectivity index (χ2v) is 9.49. The summed E-state index contributed by atoms with van der Waals surface area (Å²) in [7, 11) is -1.87. The Bertz CT molecular complexity index is 347. The molecule has 1 heteroatoms. The molecule has 0 aromatic rings. The van der Waals surface area contributed by atoms with Crippen LogP contribution < -0.4 is 0 Å². The van der Waals surface area contributed by atoms with E-state index in [1.807, 2.05) is 0 Å². The molecule has 0 aliphatic carbocycles.